The SMILES string of the molecule is CNC(C)CCn1c(C(F)(F)F)cccc1=O. The highest BCUT2D eigenvalue weighted by Gasteiger charge is 2.33. The van der Waals surface area contributed by atoms with Gasteiger partial charge in [-0.1, -0.05) is 6.07 Å². The Labute approximate surface area is 97.3 Å². The Morgan fingerprint density at radius 1 is 1.41 bits per heavy atom. The summed E-state index contributed by atoms with van der Waals surface area (Å²) in [6, 6.07) is 3.25. The first-order chi connectivity index (χ1) is 7.86. The van der Waals surface area contributed by atoms with Gasteiger partial charge in [0.05, 0.1) is 0 Å². The summed E-state index contributed by atoms with van der Waals surface area (Å²) in [6.45, 7) is 1.90. The fourth-order valence-electron chi connectivity index (χ4n) is 1.47. The minimum Gasteiger partial charge on any atom is -0.317 e. The van der Waals surface area contributed by atoms with Gasteiger partial charge in [-0.05, 0) is 26.5 Å². The largest absolute Gasteiger partial charge is 0.431 e. The van der Waals surface area contributed by atoms with Crippen molar-refractivity contribution in [2.75, 3.05) is 7.05 Å². The molecule has 0 aliphatic rings. The molecule has 1 rings (SSSR count). The van der Waals surface area contributed by atoms with Crippen LogP contribution in [-0.4, -0.2) is 17.7 Å². The van der Waals surface area contributed by atoms with E-state index in [1.165, 1.54) is 0 Å². The van der Waals surface area contributed by atoms with E-state index in [4.69, 9.17) is 0 Å². The zero-order valence-corrected chi connectivity index (χ0v) is 9.71. The van der Waals surface area contributed by atoms with E-state index in [1.54, 1.807) is 7.05 Å². The molecule has 1 atom stereocenters. The summed E-state index contributed by atoms with van der Waals surface area (Å²) in [4.78, 5) is 11.4. The first kappa shape index (κ1) is 13.8. The van der Waals surface area contributed by atoms with Crippen LogP contribution in [0.3, 0.4) is 0 Å². The molecule has 1 aromatic heterocycles. The van der Waals surface area contributed by atoms with Crippen LogP contribution in [0.5, 0.6) is 0 Å². The second-order valence-corrected chi connectivity index (χ2v) is 3.88. The third-order valence-electron chi connectivity index (χ3n) is 2.62. The van der Waals surface area contributed by atoms with Crippen LogP contribution in [-0.2, 0) is 12.7 Å². The maximum Gasteiger partial charge on any atom is 0.431 e. The van der Waals surface area contributed by atoms with Crippen LogP contribution in [0.1, 0.15) is 19.0 Å². The van der Waals surface area contributed by atoms with Crippen LogP contribution in [0.15, 0.2) is 23.0 Å². The smallest absolute Gasteiger partial charge is 0.317 e. The number of nitrogens with one attached hydrogen (secondary N) is 1. The fourth-order valence-corrected chi connectivity index (χ4v) is 1.47. The van der Waals surface area contributed by atoms with Gasteiger partial charge in [0.1, 0.15) is 5.69 Å². The number of hydrogen-bond donors (Lipinski definition) is 1. The molecule has 0 aromatic carbocycles. The van der Waals surface area contributed by atoms with Crippen molar-refractivity contribution in [2.24, 2.45) is 0 Å². The van der Waals surface area contributed by atoms with E-state index in [9.17, 15) is 18.0 Å². The van der Waals surface area contributed by atoms with Gasteiger partial charge in [0.15, 0.2) is 0 Å². The average molecular weight is 248 g/mol. The van der Waals surface area contributed by atoms with Gasteiger partial charge in [0.2, 0.25) is 0 Å². The monoisotopic (exact) mass is 248 g/mol. The van der Waals surface area contributed by atoms with Crippen molar-refractivity contribution in [1.82, 2.24) is 9.88 Å². The number of halogens is 3. The highest BCUT2D eigenvalue weighted by Crippen LogP contribution is 2.28. The number of rotatable bonds is 4. The lowest BCUT2D eigenvalue weighted by molar-refractivity contribution is -0.144. The Kier molecular flexibility index (Phi) is 4.34. The van der Waals surface area contributed by atoms with Gasteiger partial charge < -0.3 is 9.88 Å². The molecule has 0 spiro atoms. The van der Waals surface area contributed by atoms with E-state index in [2.05, 4.69) is 5.32 Å². The van der Waals surface area contributed by atoms with E-state index < -0.39 is 17.4 Å². The summed E-state index contributed by atoms with van der Waals surface area (Å²) in [5.41, 5.74) is -1.52. The number of nitrogens with zero attached hydrogens (tertiary/aromatic N) is 1. The molecule has 3 nitrogen and oxygen atoms in total. The van der Waals surface area contributed by atoms with Gasteiger partial charge in [0.25, 0.3) is 5.56 Å². The summed E-state index contributed by atoms with van der Waals surface area (Å²) in [5, 5.41) is 2.92. The second-order valence-electron chi connectivity index (χ2n) is 3.88. The summed E-state index contributed by atoms with van der Waals surface area (Å²) >= 11 is 0. The summed E-state index contributed by atoms with van der Waals surface area (Å²) < 4.78 is 38.7. The zero-order valence-electron chi connectivity index (χ0n) is 9.71. The minimum absolute atomic E-state index is 0.0521. The van der Waals surface area contributed by atoms with E-state index in [-0.39, 0.29) is 12.6 Å². The third-order valence-corrected chi connectivity index (χ3v) is 2.62. The number of aromatic nitrogens is 1. The number of hydrogen-bond acceptors (Lipinski definition) is 2. The lowest BCUT2D eigenvalue weighted by Crippen LogP contribution is -2.30. The molecule has 0 fully saturated rings. The molecule has 0 aliphatic carbocycles. The van der Waals surface area contributed by atoms with Gasteiger partial charge in [-0.3, -0.25) is 4.79 Å². The molecule has 0 saturated heterocycles. The average Bonchev–Trinajstić information content (AvgIpc) is 2.25. The van der Waals surface area contributed by atoms with Crippen molar-refractivity contribution in [2.45, 2.75) is 32.1 Å². The Morgan fingerprint density at radius 2 is 2.06 bits per heavy atom. The van der Waals surface area contributed by atoms with Crippen LogP contribution >= 0.6 is 0 Å². The van der Waals surface area contributed by atoms with Gasteiger partial charge in [0, 0.05) is 18.7 Å². The van der Waals surface area contributed by atoms with Crippen LogP contribution < -0.4 is 10.9 Å². The van der Waals surface area contributed by atoms with Gasteiger partial charge >= 0.3 is 6.18 Å². The lowest BCUT2D eigenvalue weighted by Gasteiger charge is -2.16. The molecule has 0 bridgehead atoms. The quantitative estimate of drug-likeness (QED) is 0.882. The van der Waals surface area contributed by atoms with E-state index in [0.717, 1.165) is 22.8 Å². The second kappa shape index (κ2) is 5.35. The molecule has 0 aliphatic heterocycles. The van der Waals surface area contributed by atoms with Gasteiger partial charge in [-0.25, -0.2) is 0 Å². The predicted octanol–water partition coefficient (Wildman–Crippen LogP) is 1.87. The summed E-state index contributed by atoms with van der Waals surface area (Å²) in [6.07, 6.45) is -4.03. The Morgan fingerprint density at radius 3 is 2.59 bits per heavy atom. The molecule has 0 saturated carbocycles. The Hall–Kier alpha value is -1.30. The molecule has 6 heteroatoms. The Bertz CT molecular complexity index is 425. The van der Waals surface area contributed by atoms with Crippen LogP contribution in [0.4, 0.5) is 13.2 Å². The highest BCUT2D eigenvalue weighted by molar-refractivity contribution is 5.10. The molecule has 1 N–H and O–H groups in total. The zero-order chi connectivity index (χ0) is 13.1. The molecular formula is C11H15F3N2O. The molecule has 1 heterocycles. The van der Waals surface area contributed by atoms with Crippen LogP contribution in [0, 0.1) is 0 Å². The van der Waals surface area contributed by atoms with Crippen LogP contribution in [0.25, 0.3) is 0 Å². The summed E-state index contributed by atoms with van der Waals surface area (Å²) in [7, 11) is 1.73. The lowest BCUT2D eigenvalue weighted by atomic mass is 10.2. The van der Waals surface area contributed by atoms with Crippen molar-refractivity contribution in [3.8, 4) is 0 Å². The number of alkyl halides is 3. The van der Waals surface area contributed by atoms with Gasteiger partial charge in [-0.2, -0.15) is 13.2 Å². The van der Waals surface area contributed by atoms with E-state index >= 15 is 0 Å². The van der Waals surface area contributed by atoms with E-state index in [1.807, 2.05) is 6.92 Å². The molecular weight excluding hydrogens is 233 g/mol. The maximum absolute atomic E-state index is 12.7. The topological polar surface area (TPSA) is 34.0 Å². The number of pyridine rings is 1. The van der Waals surface area contributed by atoms with Crippen molar-refractivity contribution in [1.29, 1.82) is 0 Å². The molecule has 0 radical (unpaired) electrons. The molecule has 17 heavy (non-hydrogen) atoms. The van der Waals surface area contributed by atoms with Crippen molar-refractivity contribution < 1.29 is 13.2 Å². The minimum atomic E-state index is -4.50. The Balaban J connectivity index is 3.01. The fraction of sp³-hybridized carbons (Fsp3) is 0.545. The van der Waals surface area contributed by atoms with Crippen LogP contribution in [0.2, 0.25) is 0 Å². The molecule has 1 unspecified atom stereocenters. The first-order valence-electron chi connectivity index (χ1n) is 5.30. The highest BCUT2D eigenvalue weighted by atomic mass is 19.4. The van der Waals surface area contributed by atoms with Crippen molar-refractivity contribution >= 4 is 0 Å². The maximum atomic E-state index is 12.7. The van der Waals surface area contributed by atoms with E-state index in [0.29, 0.717) is 6.42 Å². The first-order valence-corrected chi connectivity index (χ1v) is 5.30. The standard InChI is InChI=1S/C11H15F3N2O/c1-8(15-2)6-7-16-9(11(12,13)14)4-3-5-10(16)17/h3-5,8,15H,6-7H2,1-2H3. The molecule has 0 amide bonds. The predicted molar refractivity (Wildman–Crippen MR) is 58.8 cm³/mol. The molecule has 1 aromatic rings. The third kappa shape index (κ3) is 3.59. The van der Waals surface area contributed by atoms with Crippen molar-refractivity contribution in [3.63, 3.8) is 0 Å². The molecule has 96 valence electrons. The van der Waals surface area contributed by atoms with Crippen molar-refractivity contribution in [3.05, 3.63) is 34.2 Å². The summed E-state index contributed by atoms with van der Waals surface area (Å²) in [5.74, 6) is 0. The van der Waals surface area contributed by atoms with Gasteiger partial charge in [-0.15, -0.1) is 0 Å². The normalized spacial score (nSPS) is 13.7.